The number of amides is 1. The maximum Gasteiger partial charge on any atom is 0.305 e. The molecule has 0 aliphatic carbocycles. The van der Waals surface area contributed by atoms with Crippen LogP contribution in [-0.2, 0) is 4.79 Å². The summed E-state index contributed by atoms with van der Waals surface area (Å²) in [7, 11) is 0. The van der Waals surface area contributed by atoms with Crippen LogP contribution in [0, 0.1) is 0 Å². The van der Waals surface area contributed by atoms with Crippen molar-refractivity contribution in [2.45, 2.75) is 13.3 Å². The number of aliphatic carboxylic acids is 1. The molecule has 2 heterocycles. The fourth-order valence-electron chi connectivity index (χ4n) is 1.82. The van der Waals surface area contributed by atoms with E-state index in [0.29, 0.717) is 11.4 Å². The first kappa shape index (κ1) is 16.2. The van der Waals surface area contributed by atoms with Crippen LogP contribution in [-0.4, -0.2) is 35.0 Å². The van der Waals surface area contributed by atoms with Crippen molar-refractivity contribution in [2.75, 3.05) is 13.1 Å². The average molecular weight is 388 g/mol. The zero-order valence-corrected chi connectivity index (χ0v) is 14.6. The molecule has 0 aliphatic rings. The second-order valence-electron chi connectivity index (χ2n) is 4.30. The number of carboxylic acids is 1. The summed E-state index contributed by atoms with van der Waals surface area (Å²) in [5.41, 5.74) is 0. The minimum absolute atomic E-state index is 0.0321. The minimum Gasteiger partial charge on any atom is -0.481 e. The lowest BCUT2D eigenvalue weighted by molar-refractivity contribution is -0.137. The maximum absolute atomic E-state index is 12.4. The van der Waals surface area contributed by atoms with Crippen LogP contribution in [0.4, 0.5) is 0 Å². The molecular formula is C14H14BrNO3S2. The van der Waals surface area contributed by atoms with Gasteiger partial charge in [0.15, 0.2) is 0 Å². The normalized spacial score (nSPS) is 10.6. The molecule has 0 radical (unpaired) electrons. The fraction of sp³-hybridized carbons (Fsp3) is 0.286. The Kier molecular flexibility index (Phi) is 5.55. The standard InChI is InChI=1S/C14H14BrNO3S2/c1-2-16(8-7-13(17)18)14(19)11-4-3-9(20-11)10-5-6-12(15)21-10/h3-6H,2,7-8H2,1H3,(H,17,18). The lowest BCUT2D eigenvalue weighted by atomic mass is 10.3. The van der Waals surface area contributed by atoms with E-state index < -0.39 is 5.97 Å². The molecule has 0 bridgehead atoms. The number of rotatable bonds is 6. The lowest BCUT2D eigenvalue weighted by Crippen LogP contribution is -2.32. The smallest absolute Gasteiger partial charge is 0.305 e. The summed E-state index contributed by atoms with van der Waals surface area (Å²) in [5.74, 6) is -0.998. The topological polar surface area (TPSA) is 57.6 Å². The average Bonchev–Trinajstić information content (AvgIpc) is 3.07. The van der Waals surface area contributed by atoms with Crippen LogP contribution in [0.3, 0.4) is 0 Å². The Balaban J connectivity index is 2.12. The van der Waals surface area contributed by atoms with Crippen molar-refractivity contribution < 1.29 is 14.7 Å². The van der Waals surface area contributed by atoms with Gasteiger partial charge in [-0.1, -0.05) is 0 Å². The molecule has 0 spiro atoms. The Morgan fingerprint density at radius 3 is 2.43 bits per heavy atom. The van der Waals surface area contributed by atoms with Gasteiger partial charge in [-0.3, -0.25) is 9.59 Å². The SMILES string of the molecule is CCN(CCC(=O)O)C(=O)c1ccc(-c2ccc(Br)s2)s1. The van der Waals surface area contributed by atoms with E-state index in [0.717, 1.165) is 13.5 Å². The largest absolute Gasteiger partial charge is 0.481 e. The number of halogens is 1. The van der Waals surface area contributed by atoms with Gasteiger partial charge in [0.25, 0.3) is 5.91 Å². The minimum atomic E-state index is -0.892. The number of thiophene rings is 2. The Bertz CT molecular complexity index is 650. The van der Waals surface area contributed by atoms with Gasteiger partial charge >= 0.3 is 5.97 Å². The Morgan fingerprint density at radius 2 is 1.86 bits per heavy atom. The van der Waals surface area contributed by atoms with Crippen LogP contribution in [0.5, 0.6) is 0 Å². The van der Waals surface area contributed by atoms with Gasteiger partial charge in [0.1, 0.15) is 0 Å². The third-order valence-corrected chi connectivity index (χ3v) is 5.79. The van der Waals surface area contributed by atoms with Gasteiger partial charge < -0.3 is 10.0 Å². The van der Waals surface area contributed by atoms with Crippen LogP contribution in [0.2, 0.25) is 0 Å². The van der Waals surface area contributed by atoms with Gasteiger partial charge in [-0.2, -0.15) is 0 Å². The molecule has 1 N–H and O–H groups in total. The first-order valence-corrected chi connectivity index (χ1v) is 8.80. The van der Waals surface area contributed by atoms with E-state index in [1.807, 2.05) is 25.1 Å². The summed E-state index contributed by atoms with van der Waals surface area (Å²) in [6, 6.07) is 7.73. The van der Waals surface area contributed by atoms with E-state index in [-0.39, 0.29) is 18.9 Å². The molecule has 7 heteroatoms. The maximum atomic E-state index is 12.4. The van der Waals surface area contributed by atoms with Crippen LogP contribution in [0.1, 0.15) is 23.0 Å². The highest BCUT2D eigenvalue weighted by Gasteiger charge is 2.18. The van der Waals surface area contributed by atoms with E-state index in [9.17, 15) is 9.59 Å². The van der Waals surface area contributed by atoms with E-state index >= 15 is 0 Å². The first-order valence-electron chi connectivity index (χ1n) is 6.38. The quantitative estimate of drug-likeness (QED) is 0.808. The van der Waals surface area contributed by atoms with Crippen LogP contribution in [0.25, 0.3) is 9.75 Å². The summed E-state index contributed by atoms with van der Waals surface area (Å²) >= 11 is 6.48. The Hall–Kier alpha value is -1.18. The molecule has 21 heavy (non-hydrogen) atoms. The van der Waals surface area contributed by atoms with Gasteiger partial charge in [-0.05, 0) is 47.1 Å². The van der Waals surface area contributed by atoms with Crippen molar-refractivity contribution in [1.29, 1.82) is 0 Å². The fourth-order valence-corrected chi connectivity index (χ4v) is 4.27. The molecule has 2 aromatic heterocycles. The van der Waals surface area contributed by atoms with E-state index in [4.69, 9.17) is 5.11 Å². The zero-order valence-electron chi connectivity index (χ0n) is 11.3. The summed E-state index contributed by atoms with van der Waals surface area (Å²) < 4.78 is 1.05. The number of carbonyl (C=O) groups is 2. The van der Waals surface area contributed by atoms with Gasteiger partial charge in [0.05, 0.1) is 15.1 Å². The molecule has 4 nitrogen and oxygen atoms in total. The first-order chi connectivity index (χ1) is 10.0. The van der Waals surface area contributed by atoms with Gasteiger partial charge in [0, 0.05) is 22.8 Å². The molecule has 0 fully saturated rings. The second-order valence-corrected chi connectivity index (χ2v) is 7.84. The van der Waals surface area contributed by atoms with E-state index in [1.165, 1.54) is 11.3 Å². The molecule has 2 aromatic rings. The highest BCUT2D eigenvalue weighted by molar-refractivity contribution is 9.11. The van der Waals surface area contributed by atoms with Crippen LogP contribution >= 0.6 is 38.6 Å². The number of carbonyl (C=O) groups excluding carboxylic acids is 1. The zero-order chi connectivity index (χ0) is 15.4. The van der Waals surface area contributed by atoms with Crippen molar-refractivity contribution in [3.05, 3.63) is 32.9 Å². The third-order valence-electron chi connectivity index (χ3n) is 2.90. The summed E-state index contributed by atoms with van der Waals surface area (Å²) in [6.45, 7) is 2.59. The van der Waals surface area contributed by atoms with Crippen LogP contribution in [0.15, 0.2) is 28.1 Å². The molecule has 0 aromatic carbocycles. The number of carboxylic acid groups (broad SMARTS) is 1. The van der Waals surface area contributed by atoms with Gasteiger partial charge in [-0.15, -0.1) is 22.7 Å². The predicted molar refractivity (Wildman–Crippen MR) is 89.2 cm³/mol. The molecule has 0 atom stereocenters. The number of hydrogen-bond acceptors (Lipinski definition) is 4. The molecule has 0 saturated carbocycles. The van der Waals surface area contributed by atoms with Gasteiger partial charge in [0.2, 0.25) is 0 Å². The summed E-state index contributed by atoms with van der Waals surface area (Å²) in [4.78, 5) is 27.4. The molecule has 0 unspecified atom stereocenters. The highest BCUT2D eigenvalue weighted by atomic mass is 79.9. The molecule has 2 rings (SSSR count). The molecule has 0 saturated heterocycles. The van der Waals surface area contributed by atoms with E-state index in [2.05, 4.69) is 15.9 Å². The van der Waals surface area contributed by atoms with Crippen molar-refractivity contribution in [3.8, 4) is 9.75 Å². The van der Waals surface area contributed by atoms with Gasteiger partial charge in [-0.25, -0.2) is 0 Å². The summed E-state index contributed by atoms with van der Waals surface area (Å²) in [5, 5.41) is 8.73. The number of hydrogen-bond donors (Lipinski definition) is 1. The van der Waals surface area contributed by atoms with Crippen molar-refractivity contribution in [2.24, 2.45) is 0 Å². The summed E-state index contributed by atoms with van der Waals surface area (Å²) in [6.07, 6.45) is -0.0321. The molecular weight excluding hydrogens is 374 g/mol. The van der Waals surface area contributed by atoms with Crippen molar-refractivity contribution >= 4 is 50.5 Å². The lowest BCUT2D eigenvalue weighted by Gasteiger charge is -2.18. The highest BCUT2D eigenvalue weighted by Crippen LogP contribution is 2.35. The molecule has 112 valence electrons. The molecule has 1 amide bonds. The second kappa shape index (κ2) is 7.20. The number of nitrogens with zero attached hydrogens (tertiary/aromatic N) is 1. The predicted octanol–water partition coefficient (Wildman–Crippen LogP) is 4.18. The Labute approximate surface area is 139 Å². The van der Waals surface area contributed by atoms with Crippen molar-refractivity contribution in [1.82, 2.24) is 4.90 Å². The third kappa shape index (κ3) is 4.15. The monoisotopic (exact) mass is 387 g/mol. The Morgan fingerprint density at radius 1 is 1.19 bits per heavy atom. The van der Waals surface area contributed by atoms with E-state index in [1.54, 1.807) is 22.3 Å². The molecule has 0 aliphatic heterocycles. The van der Waals surface area contributed by atoms with Crippen LogP contribution < -0.4 is 0 Å². The van der Waals surface area contributed by atoms with Crippen molar-refractivity contribution in [3.63, 3.8) is 0 Å².